The van der Waals surface area contributed by atoms with E-state index < -0.39 is 0 Å². The van der Waals surface area contributed by atoms with Gasteiger partial charge in [0.25, 0.3) is 0 Å². The van der Waals surface area contributed by atoms with Gasteiger partial charge in [0.1, 0.15) is 0 Å². The van der Waals surface area contributed by atoms with Gasteiger partial charge in [-0.25, -0.2) is 9.97 Å². The largest absolute Gasteiger partial charge is 0.355 e. The van der Waals surface area contributed by atoms with E-state index in [1.165, 1.54) is 11.1 Å². The van der Waals surface area contributed by atoms with Crippen LogP contribution in [0.25, 0.3) is 72.5 Å². The summed E-state index contributed by atoms with van der Waals surface area (Å²) in [5.41, 5.74) is 12.7. The maximum atomic E-state index is 5.20. The molecular formula is C39H25N5. The van der Waals surface area contributed by atoms with Gasteiger partial charge in [0.05, 0.1) is 22.4 Å². The summed E-state index contributed by atoms with van der Waals surface area (Å²) in [6, 6.07) is 46.4. The molecule has 0 atom stereocenters. The molecule has 0 bridgehead atoms. The van der Waals surface area contributed by atoms with Crippen LogP contribution in [0.3, 0.4) is 0 Å². The third-order valence-electron chi connectivity index (χ3n) is 8.46. The van der Waals surface area contributed by atoms with Gasteiger partial charge in [-0.2, -0.15) is 0 Å². The lowest BCUT2D eigenvalue weighted by molar-refractivity contribution is 0.995. The van der Waals surface area contributed by atoms with Gasteiger partial charge in [0.15, 0.2) is 0 Å². The molecule has 0 saturated carbocycles. The summed E-state index contributed by atoms with van der Waals surface area (Å²) in [5.74, 6) is 0.622. The Labute approximate surface area is 254 Å². The Morgan fingerprint density at radius 2 is 1.05 bits per heavy atom. The summed E-state index contributed by atoms with van der Waals surface area (Å²) in [5, 5.41) is 5.85. The number of pyridine rings is 1. The fourth-order valence-corrected chi connectivity index (χ4v) is 6.42. The molecule has 9 rings (SSSR count). The Balaban J connectivity index is 1.39. The topological polar surface area (TPSA) is 55.6 Å². The highest BCUT2D eigenvalue weighted by molar-refractivity contribution is 6.13. The van der Waals surface area contributed by atoms with E-state index in [4.69, 9.17) is 9.97 Å². The highest BCUT2D eigenvalue weighted by Crippen LogP contribution is 2.47. The van der Waals surface area contributed by atoms with Crippen molar-refractivity contribution in [1.82, 2.24) is 19.5 Å². The molecule has 3 aromatic heterocycles. The molecule has 1 aliphatic rings. The molecule has 0 saturated heterocycles. The van der Waals surface area contributed by atoms with E-state index in [0.717, 1.165) is 66.8 Å². The van der Waals surface area contributed by atoms with Crippen molar-refractivity contribution >= 4 is 33.2 Å². The Bertz CT molecular complexity index is 2300. The van der Waals surface area contributed by atoms with Gasteiger partial charge in [-0.1, -0.05) is 97.1 Å². The molecule has 5 nitrogen and oxygen atoms in total. The van der Waals surface area contributed by atoms with Gasteiger partial charge in [0.2, 0.25) is 5.95 Å². The zero-order valence-electron chi connectivity index (χ0n) is 23.6. The maximum absolute atomic E-state index is 5.20. The van der Waals surface area contributed by atoms with Crippen LogP contribution in [0.15, 0.2) is 146 Å². The van der Waals surface area contributed by atoms with Gasteiger partial charge in [-0.15, -0.1) is 0 Å². The van der Waals surface area contributed by atoms with Crippen molar-refractivity contribution in [2.75, 3.05) is 5.32 Å². The lowest BCUT2D eigenvalue weighted by atomic mass is 9.93. The van der Waals surface area contributed by atoms with Crippen LogP contribution in [0, 0.1) is 0 Å². The van der Waals surface area contributed by atoms with E-state index >= 15 is 0 Å². The number of nitrogens with zero attached hydrogens (tertiary/aromatic N) is 4. The molecule has 0 aliphatic carbocycles. The van der Waals surface area contributed by atoms with Crippen molar-refractivity contribution in [3.8, 4) is 50.7 Å². The average Bonchev–Trinajstić information content (AvgIpc) is 3.34. The lowest BCUT2D eigenvalue weighted by Gasteiger charge is -2.14. The van der Waals surface area contributed by atoms with Crippen molar-refractivity contribution < 1.29 is 0 Å². The average molecular weight is 564 g/mol. The molecule has 0 radical (unpaired) electrons. The normalized spacial score (nSPS) is 11.8. The summed E-state index contributed by atoms with van der Waals surface area (Å²) in [6.07, 6.45) is 3.80. The maximum Gasteiger partial charge on any atom is 0.235 e. The quantitative estimate of drug-likeness (QED) is 0.232. The van der Waals surface area contributed by atoms with Gasteiger partial charge in [-0.3, -0.25) is 9.55 Å². The van der Waals surface area contributed by atoms with Crippen LogP contribution < -0.4 is 5.32 Å². The minimum atomic E-state index is 0.622. The molecule has 5 heteroatoms. The van der Waals surface area contributed by atoms with Crippen LogP contribution in [0.2, 0.25) is 0 Å². The zero-order chi connectivity index (χ0) is 29.0. The Morgan fingerprint density at radius 3 is 1.68 bits per heavy atom. The van der Waals surface area contributed by atoms with Crippen LogP contribution in [0.4, 0.5) is 11.4 Å². The van der Waals surface area contributed by atoms with Gasteiger partial charge < -0.3 is 5.32 Å². The summed E-state index contributed by atoms with van der Waals surface area (Å²) >= 11 is 0. The first kappa shape index (κ1) is 24.5. The van der Waals surface area contributed by atoms with Gasteiger partial charge in [-0.05, 0) is 47.5 Å². The Kier molecular flexibility index (Phi) is 5.43. The first-order valence-corrected chi connectivity index (χ1v) is 14.7. The smallest absolute Gasteiger partial charge is 0.235 e. The number of nitrogens with one attached hydrogen (secondary N) is 1. The minimum Gasteiger partial charge on any atom is -0.355 e. The van der Waals surface area contributed by atoms with E-state index in [9.17, 15) is 0 Å². The first-order chi connectivity index (χ1) is 21.8. The molecule has 8 aromatic rings. The molecule has 0 fully saturated rings. The third-order valence-corrected chi connectivity index (χ3v) is 8.46. The highest BCUT2D eigenvalue weighted by atomic mass is 15.2. The number of benzene rings is 5. The number of para-hydroxylation sites is 2. The molecule has 44 heavy (non-hydrogen) atoms. The van der Waals surface area contributed by atoms with Crippen LogP contribution in [-0.4, -0.2) is 19.5 Å². The number of aromatic nitrogens is 4. The molecule has 0 unspecified atom stereocenters. The number of hydrogen-bond donors (Lipinski definition) is 1. The van der Waals surface area contributed by atoms with Crippen molar-refractivity contribution in [2.45, 2.75) is 0 Å². The van der Waals surface area contributed by atoms with Crippen LogP contribution in [-0.2, 0) is 0 Å². The fourth-order valence-electron chi connectivity index (χ4n) is 6.42. The second-order valence-corrected chi connectivity index (χ2v) is 11.0. The van der Waals surface area contributed by atoms with Crippen molar-refractivity contribution in [2.24, 2.45) is 0 Å². The Morgan fingerprint density at radius 1 is 0.477 bits per heavy atom. The summed E-state index contributed by atoms with van der Waals surface area (Å²) in [7, 11) is 0. The lowest BCUT2D eigenvalue weighted by Crippen LogP contribution is -2.04. The number of fused-ring (bicyclic) bond motifs is 8. The molecule has 0 amide bonds. The second kappa shape index (κ2) is 9.75. The summed E-state index contributed by atoms with van der Waals surface area (Å²) < 4.78 is 2.19. The summed E-state index contributed by atoms with van der Waals surface area (Å²) in [4.78, 5) is 14.9. The molecule has 1 aliphatic heterocycles. The zero-order valence-corrected chi connectivity index (χ0v) is 23.6. The molecule has 206 valence electrons. The van der Waals surface area contributed by atoms with E-state index in [2.05, 4.69) is 112 Å². The predicted molar refractivity (Wildman–Crippen MR) is 179 cm³/mol. The van der Waals surface area contributed by atoms with Crippen molar-refractivity contribution in [3.05, 3.63) is 146 Å². The molecule has 0 spiro atoms. The monoisotopic (exact) mass is 563 g/mol. The van der Waals surface area contributed by atoms with Crippen LogP contribution in [0.5, 0.6) is 0 Å². The number of hydrogen-bond acceptors (Lipinski definition) is 4. The third kappa shape index (κ3) is 3.83. The number of anilines is 2. The van der Waals surface area contributed by atoms with E-state index in [1.807, 2.05) is 48.8 Å². The Hall–Kier alpha value is -6.07. The second-order valence-electron chi connectivity index (χ2n) is 11.0. The fraction of sp³-hybridized carbons (Fsp3) is 0. The van der Waals surface area contributed by atoms with E-state index in [-0.39, 0.29) is 0 Å². The van der Waals surface area contributed by atoms with Gasteiger partial charge >= 0.3 is 0 Å². The highest BCUT2D eigenvalue weighted by Gasteiger charge is 2.23. The van der Waals surface area contributed by atoms with Gasteiger partial charge in [0, 0.05) is 56.8 Å². The molecular weight excluding hydrogens is 538 g/mol. The first-order valence-electron chi connectivity index (χ1n) is 14.7. The molecule has 1 N–H and O–H groups in total. The van der Waals surface area contributed by atoms with E-state index in [1.54, 1.807) is 0 Å². The predicted octanol–water partition coefficient (Wildman–Crippen LogP) is 9.69. The SMILES string of the molecule is c1ccc(-c2cc(-c3ccccc3)nc(-n3c4ccncc4c4cc5c(cc43)-c3ccccc3Nc3ccccc3-5)n2)cc1. The van der Waals surface area contributed by atoms with E-state index in [0.29, 0.717) is 5.95 Å². The standard InChI is InChI=1S/C39H25N5/c1-3-11-25(12-4-1)35-23-36(26-13-5-2-6-14-26)43-39(42-35)44-37-19-20-40-24-32(37)31-21-29-27-15-7-9-17-33(27)41-34-18-10-8-16-28(34)30(29)22-38(31)44/h1-24,41H. The number of rotatable bonds is 3. The molecule has 5 aromatic carbocycles. The van der Waals surface area contributed by atoms with Crippen molar-refractivity contribution in [1.29, 1.82) is 0 Å². The van der Waals surface area contributed by atoms with Crippen molar-refractivity contribution in [3.63, 3.8) is 0 Å². The van der Waals surface area contributed by atoms with Crippen LogP contribution in [0.1, 0.15) is 0 Å². The molecule has 4 heterocycles. The van der Waals surface area contributed by atoms with Crippen LogP contribution >= 0.6 is 0 Å². The summed E-state index contributed by atoms with van der Waals surface area (Å²) in [6.45, 7) is 0. The minimum absolute atomic E-state index is 0.622.